The van der Waals surface area contributed by atoms with Crippen LogP contribution < -0.4 is 0 Å². The van der Waals surface area contributed by atoms with Gasteiger partial charge in [-0.05, 0) is 69.6 Å². The molecular weight excluding hydrogens is 290 g/mol. The van der Waals surface area contributed by atoms with Gasteiger partial charge in [-0.3, -0.25) is 4.79 Å². The van der Waals surface area contributed by atoms with E-state index in [4.69, 9.17) is 0 Å². The number of nitrogens with zero attached hydrogens (tertiary/aromatic N) is 1. The predicted molar refractivity (Wildman–Crippen MR) is 76.6 cm³/mol. The molecule has 18 heavy (non-hydrogen) atoms. The smallest absolute Gasteiger partial charge is 0.238 e. The molecule has 4 saturated carbocycles. The Balaban J connectivity index is 1.79. The molecule has 0 aromatic rings. The molecule has 0 radical (unpaired) electrons. The van der Waals surface area contributed by atoms with Crippen molar-refractivity contribution in [3.8, 4) is 0 Å². The third-order valence-electron chi connectivity index (χ3n) is 5.45. The van der Waals surface area contributed by atoms with Gasteiger partial charge in [0, 0.05) is 13.1 Å². The van der Waals surface area contributed by atoms with Crippen LogP contribution in [-0.2, 0) is 4.79 Å². The van der Waals surface area contributed by atoms with Crippen LogP contribution in [0.4, 0.5) is 0 Å². The van der Waals surface area contributed by atoms with Gasteiger partial charge in [0.25, 0.3) is 0 Å². The SMILES string of the molecule is CN(C(=O)C(C)(C)Br)C1C2CC3CC(C2)CC1C3. The van der Waals surface area contributed by atoms with E-state index in [2.05, 4.69) is 20.8 Å². The number of amides is 1. The fourth-order valence-corrected chi connectivity index (χ4v) is 5.36. The minimum atomic E-state index is -0.420. The Morgan fingerprint density at radius 1 is 1.06 bits per heavy atom. The number of carbonyl (C=O) groups is 1. The maximum atomic E-state index is 12.5. The highest BCUT2D eigenvalue weighted by Gasteiger charge is 2.51. The van der Waals surface area contributed by atoms with Crippen molar-refractivity contribution in [2.75, 3.05) is 7.05 Å². The molecule has 0 unspecified atom stereocenters. The van der Waals surface area contributed by atoms with Gasteiger partial charge < -0.3 is 4.90 Å². The summed E-state index contributed by atoms with van der Waals surface area (Å²) in [6, 6.07) is 0.516. The van der Waals surface area contributed by atoms with Gasteiger partial charge in [-0.15, -0.1) is 0 Å². The lowest BCUT2D eigenvalue weighted by molar-refractivity contribution is -0.142. The Hall–Kier alpha value is -0.0500. The highest BCUT2D eigenvalue weighted by molar-refractivity contribution is 9.10. The molecule has 1 amide bonds. The quantitative estimate of drug-likeness (QED) is 0.715. The molecule has 4 aliphatic carbocycles. The number of rotatable bonds is 2. The minimum absolute atomic E-state index is 0.250. The van der Waals surface area contributed by atoms with Gasteiger partial charge in [-0.2, -0.15) is 0 Å². The van der Waals surface area contributed by atoms with E-state index in [1.54, 1.807) is 0 Å². The van der Waals surface area contributed by atoms with Crippen molar-refractivity contribution in [2.45, 2.75) is 56.3 Å². The first-order chi connectivity index (χ1) is 8.36. The second kappa shape index (κ2) is 4.22. The molecule has 4 aliphatic rings. The Morgan fingerprint density at radius 2 is 1.50 bits per heavy atom. The van der Waals surface area contributed by atoms with Crippen LogP contribution in [0.25, 0.3) is 0 Å². The molecule has 0 aromatic carbocycles. The third-order valence-corrected chi connectivity index (χ3v) is 5.79. The first-order valence-electron chi connectivity index (χ1n) is 7.32. The van der Waals surface area contributed by atoms with Gasteiger partial charge in [0.1, 0.15) is 0 Å². The normalized spacial score (nSPS) is 42.1. The molecule has 0 N–H and O–H groups in total. The van der Waals surface area contributed by atoms with Crippen LogP contribution in [0.1, 0.15) is 46.0 Å². The largest absolute Gasteiger partial charge is 0.341 e. The van der Waals surface area contributed by atoms with Gasteiger partial charge in [-0.25, -0.2) is 0 Å². The molecule has 0 saturated heterocycles. The fourth-order valence-electron chi connectivity index (χ4n) is 5.08. The maximum Gasteiger partial charge on any atom is 0.238 e. The zero-order valence-electron chi connectivity index (χ0n) is 11.7. The lowest BCUT2D eigenvalue weighted by atomic mass is 9.54. The highest BCUT2D eigenvalue weighted by atomic mass is 79.9. The summed E-state index contributed by atoms with van der Waals surface area (Å²) in [4.78, 5) is 14.5. The molecule has 4 rings (SSSR count). The van der Waals surface area contributed by atoms with E-state index in [1.807, 2.05) is 20.9 Å². The van der Waals surface area contributed by atoms with E-state index < -0.39 is 4.32 Å². The Kier molecular flexibility index (Phi) is 3.04. The molecular formula is C15H24BrNO. The first-order valence-corrected chi connectivity index (χ1v) is 8.11. The molecule has 0 aliphatic heterocycles. The van der Waals surface area contributed by atoms with E-state index in [0.29, 0.717) is 6.04 Å². The van der Waals surface area contributed by atoms with Gasteiger partial charge >= 0.3 is 0 Å². The van der Waals surface area contributed by atoms with Crippen molar-refractivity contribution >= 4 is 21.8 Å². The van der Waals surface area contributed by atoms with E-state index in [9.17, 15) is 4.79 Å². The molecule has 0 aromatic heterocycles. The zero-order chi connectivity index (χ0) is 13.1. The van der Waals surface area contributed by atoms with Crippen molar-refractivity contribution in [3.05, 3.63) is 0 Å². The van der Waals surface area contributed by atoms with E-state index in [0.717, 1.165) is 23.7 Å². The molecule has 2 nitrogen and oxygen atoms in total. The summed E-state index contributed by atoms with van der Waals surface area (Å²) in [5, 5.41) is 0. The van der Waals surface area contributed by atoms with Gasteiger partial charge in [-0.1, -0.05) is 15.9 Å². The molecule has 0 atom stereocenters. The summed E-state index contributed by atoms with van der Waals surface area (Å²) in [5.41, 5.74) is 0. The van der Waals surface area contributed by atoms with Crippen LogP contribution in [0.3, 0.4) is 0 Å². The lowest BCUT2D eigenvalue weighted by Crippen LogP contribution is -2.58. The molecule has 4 bridgehead atoms. The summed E-state index contributed by atoms with van der Waals surface area (Å²) < 4.78 is -0.420. The van der Waals surface area contributed by atoms with Gasteiger partial charge in [0.2, 0.25) is 5.91 Å². The third kappa shape index (κ3) is 2.03. The Labute approximate surface area is 119 Å². The van der Waals surface area contributed by atoms with Gasteiger partial charge in [0.05, 0.1) is 4.32 Å². The maximum absolute atomic E-state index is 12.5. The van der Waals surface area contributed by atoms with Crippen molar-refractivity contribution in [1.82, 2.24) is 4.90 Å². The predicted octanol–water partition coefficient (Wildman–Crippen LogP) is 3.44. The van der Waals surface area contributed by atoms with Crippen LogP contribution in [0.2, 0.25) is 0 Å². The molecule has 0 heterocycles. The molecule has 102 valence electrons. The van der Waals surface area contributed by atoms with Crippen molar-refractivity contribution in [3.63, 3.8) is 0 Å². The van der Waals surface area contributed by atoms with Crippen LogP contribution in [0, 0.1) is 23.7 Å². The summed E-state index contributed by atoms with van der Waals surface area (Å²) in [5.74, 6) is 3.77. The standard InChI is InChI=1S/C15H24BrNO/c1-15(2,16)14(18)17(3)13-11-5-9-4-10(7-11)8-12(13)6-9/h9-13H,4-8H2,1-3H3. The lowest BCUT2D eigenvalue weighted by Gasteiger charge is -2.57. The van der Waals surface area contributed by atoms with Crippen molar-refractivity contribution < 1.29 is 4.79 Å². The van der Waals surface area contributed by atoms with Crippen LogP contribution in [-0.4, -0.2) is 28.2 Å². The number of alkyl halides is 1. The second-order valence-corrected chi connectivity index (χ2v) is 9.29. The summed E-state index contributed by atoms with van der Waals surface area (Å²) in [7, 11) is 2.03. The Morgan fingerprint density at radius 3 is 1.89 bits per heavy atom. The summed E-state index contributed by atoms with van der Waals surface area (Å²) >= 11 is 3.52. The second-order valence-electron chi connectivity index (χ2n) is 7.31. The molecule has 0 spiro atoms. The fraction of sp³-hybridized carbons (Fsp3) is 0.933. The molecule has 4 fully saturated rings. The monoisotopic (exact) mass is 313 g/mol. The average molecular weight is 314 g/mol. The van der Waals surface area contributed by atoms with E-state index in [1.165, 1.54) is 32.1 Å². The van der Waals surface area contributed by atoms with Crippen LogP contribution >= 0.6 is 15.9 Å². The number of hydrogen-bond donors (Lipinski definition) is 0. The summed E-state index contributed by atoms with van der Waals surface area (Å²) in [6.07, 6.45) is 6.97. The average Bonchev–Trinajstić information content (AvgIpc) is 2.24. The van der Waals surface area contributed by atoms with Crippen LogP contribution in [0.5, 0.6) is 0 Å². The molecule has 3 heteroatoms. The van der Waals surface area contributed by atoms with Crippen molar-refractivity contribution in [1.29, 1.82) is 0 Å². The van der Waals surface area contributed by atoms with E-state index >= 15 is 0 Å². The van der Waals surface area contributed by atoms with Gasteiger partial charge in [0.15, 0.2) is 0 Å². The number of halogens is 1. The zero-order valence-corrected chi connectivity index (χ0v) is 13.2. The Bertz CT molecular complexity index is 332. The summed E-state index contributed by atoms with van der Waals surface area (Å²) in [6.45, 7) is 3.92. The van der Waals surface area contributed by atoms with Crippen LogP contribution in [0.15, 0.2) is 0 Å². The topological polar surface area (TPSA) is 20.3 Å². The number of hydrogen-bond acceptors (Lipinski definition) is 1. The highest BCUT2D eigenvalue weighted by Crippen LogP contribution is 2.55. The van der Waals surface area contributed by atoms with Crippen molar-refractivity contribution in [2.24, 2.45) is 23.7 Å². The van der Waals surface area contributed by atoms with E-state index in [-0.39, 0.29) is 5.91 Å². The first kappa shape index (κ1) is 13.0. The minimum Gasteiger partial charge on any atom is -0.341 e. The number of carbonyl (C=O) groups excluding carboxylic acids is 1.